The van der Waals surface area contributed by atoms with Crippen LogP contribution in [0.4, 0.5) is 0 Å². The van der Waals surface area contributed by atoms with E-state index in [1.54, 1.807) is 25.1 Å². The third-order valence-electron chi connectivity index (χ3n) is 3.15. The van der Waals surface area contributed by atoms with Crippen molar-refractivity contribution in [2.45, 2.75) is 13.0 Å². The molecule has 0 radical (unpaired) electrons. The molecule has 5 nitrogen and oxygen atoms in total. The van der Waals surface area contributed by atoms with Crippen molar-refractivity contribution < 1.29 is 19.4 Å². The lowest BCUT2D eigenvalue weighted by atomic mass is 10.0. The summed E-state index contributed by atoms with van der Waals surface area (Å²) in [4.78, 5) is 23.1. The van der Waals surface area contributed by atoms with E-state index in [0.717, 1.165) is 5.56 Å². The summed E-state index contributed by atoms with van der Waals surface area (Å²) >= 11 is 6.06. The lowest BCUT2D eigenvalue weighted by Gasteiger charge is -2.16. The van der Waals surface area contributed by atoms with Gasteiger partial charge in [-0.15, -0.1) is 0 Å². The normalized spacial score (nSPS) is 22.2. The molecule has 1 aliphatic heterocycles. The van der Waals surface area contributed by atoms with Crippen LogP contribution in [0, 0.1) is 12.8 Å². The number of carboxylic acids is 1. The molecule has 2 unspecified atom stereocenters. The Bertz CT molecular complexity index is 517. The summed E-state index contributed by atoms with van der Waals surface area (Å²) in [6.07, 6.45) is 0. The number of hydrogen-bond acceptors (Lipinski definition) is 3. The van der Waals surface area contributed by atoms with Crippen molar-refractivity contribution in [3.05, 3.63) is 34.3 Å². The summed E-state index contributed by atoms with van der Waals surface area (Å²) < 4.78 is 5.09. The largest absolute Gasteiger partial charge is 0.481 e. The first-order valence-electron chi connectivity index (χ1n) is 5.87. The van der Waals surface area contributed by atoms with E-state index >= 15 is 0 Å². The van der Waals surface area contributed by atoms with Crippen LogP contribution in [0.1, 0.15) is 15.9 Å². The molecule has 0 saturated carbocycles. The Kier molecular flexibility index (Phi) is 4.07. The Hall–Kier alpha value is -1.59. The molecule has 1 amide bonds. The molecule has 6 heteroatoms. The molecule has 0 aromatic heterocycles. The minimum atomic E-state index is -0.974. The fraction of sp³-hybridized carbons (Fsp3) is 0.385. The van der Waals surface area contributed by atoms with E-state index in [1.807, 2.05) is 0 Å². The zero-order valence-corrected chi connectivity index (χ0v) is 11.1. The van der Waals surface area contributed by atoms with Gasteiger partial charge in [0.25, 0.3) is 5.91 Å². The van der Waals surface area contributed by atoms with E-state index in [4.69, 9.17) is 21.4 Å². The van der Waals surface area contributed by atoms with Gasteiger partial charge in [0.05, 0.1) is 29.8 Å². The van der Waals surface area contributed by atoms with E-state index in [2.05, 4.69) is 5.32 Å². The molecule has 1 aromatic carbocycles. The van der Waals surface area contributed by atoms with Crippen LogP contribution in [0.15, 0.2) is 18.2 Å². The van der Waals surface area contributed by atoms with Crippen molar-refractivity contribution in [1.29, 1.82) is 0 Å². The third-order valence-corrected chi connectivity index (χ3v) is 3.65. The monoisotopic (exact) mass is 283 g/mol. The molecule has 102 valence electrons. The SMILES string of the molecule is Cc1cccc(C(=O)NC2COCC2C(=O)O)c1Cl. The number of rotatable bonds is 3. The van der Waals surface area contributed by atoms with Crippen LogP contribution in [0.2, 0.25) is 5.02 Å². The molecule has 1 fully saturated rings. The van der Waals surface area contributed by atoms with E-state index in [-0.39, 0.29) is 19.1 Å². The number of halogens is 1. The van der Waals surface area contributed by atoms with Gasteiger partial charge >= 0.3 is 5.97 Å². The molecule has 1 heterocycles. The number of ether oxygens (including phenoxy) is 1. The first-order chi connectivity index (χ1) is 9.00. The first-order valence-corrected chi connectivity index (χ1v) is 6.25. The summed E-state index contributed by atoms with van der Waals surface area (Å²) in [5.74, 6) is -2.07. The highest BCUT2D eigenvalue weighted by molar-refractivity contribution is 6.34. The van der Waals surface area contributed by atoms with Gasteiger partial charge in [-0.05, 0) is 18.6 Å². The third kappa shape index (κ3) is 2.88. The summed E-state index contributed by atoms with van der Waals surface area (Å²) in [5, 5.41) is 12.1. The van der Waals surface area contributed by atoms with Crippen LogP contribution in [0.25, 0.3) is 0 Å². The Morgan fingerprint density at radius 2 is 2.16 bits per heavy atom. The van der Waals surface area contributed by atoms with E-state index in [0.29, 0.717) is 10.6 Å². The fourth-order valence-corrected chi connectivity index (χ4v) is 2.22. The average Bonchev–Trinajstić information content (AvgIpc) is 2.80. The molecule has 1 saturated heterocycles. The van der Waals surface area contributed by atoms with Gasteiger partial charge < -0.3 is 15.2 Å². The highest BCUT2D eigenvalue weighted by Crippen LogP contribution is 2.21. The van der Waals surface area contributed by atoms with Crippen molar-refractivity contribution in [2.24, 2.45) is 5.92 Å². The number of carbonyl (C=O) groups is 2. The second-order valence-electron chi connectivity index (χ2n) is 4.50. The van der Waals surface area contributed by atoms with Crippen LogP contribution >= 0.6 is 11.6 Å². The summed E-state index contributed by atoms with van der Waals surface area (Å²) in [5.41, 5.74) is 1.14. The van der Waals surface area contributed by atoms with E-state index in [9.17, 15) is 9.59 Å². The van der Waals surface area contributed by atoms with Crippen LogP contribution in [-0.2, 0) is 9.53 Å². The minimum Gasteiger partial charge on any atom is -0.481 e. The smallest absolute Gasteiger partial charge is 0.311 e. The predicted molar refractivity (Wildman–Crippen MR) is 69.4 cm³/mol. The quantitative estimate of drug-likeness (QED) is 0.881. The molecule has 2 atom stereocenters. The standard InChI is InChI=1S/C13H14ClNO4/c1-7-3-2-4-8(11(7)14)12(16)15-10-6-19-5-9(10)13(17)18/h2-4,9-10H,5-6H2,1H3,(H,15,16)(H,17,18). The van der Waals surface area contributed by atoms with Gasteiger partial charge in [0.15, 0.2) is 0 Å². The predicted octanol–water partition coefficient (Wildman–Crippen LogP) is 1.48. The number of aryl methyl sites for hydroxylation is 1. The maximum absolute atomic E-state index is 12.1. The molecule has 0 spiro atoms. The molecule has 1 aliphatic rings. The number of nitrogens with one attached hydrogen (secondary N) is 1. The Balaban J connectivity index is 2.13. The average molecular weight is 284 g/mol. The number of carboxylic acid groups (broad SMARTS) is 1. The second-order valence-corrected chi connectivity index (χ2v) is 4.88. The number of hydrogen-bond donors (Lipinski definition) is 2. The minimum absolute atomic E-state index is 0.113. The molecule has 0 aliphatic carbocycles. The second kappa shape index (κ2) is 5.59. The van der Waals surface area contributed by atoms with Crippen molar-refractivity contribution in [2.75, 3.05) is 13.2 Å². The number of benzene rings is 1. The van der Waals surface area contributed by atoms with E-state index < -0.39 is 17.9 Å². The van der Waals surface area contributed by atoms with Gasteiger partial charge in [-0.3, -0.25) is 9.59 Å². The number of amides is 1. The van der Waals surface area contributed by atoms with Crippen LogP contribution in [-0.4, -0.2) is 36.2 Å². The van der Waals surface area contributed by atoms with Gasteiger partial charge in [0.1, 0.15) is 5.92 Å². The highest BCUT2D eigenvalue weighted by atomic mass is 35.5. The summed E-state index contributed by atoms with van der Waals surface area (Å²) in [6.45, 7) is 2.12. The van der Waals surface area contributed by atoms with E-state index in [1.165, 1.54) is 0 Å². The van der Waals surface area contributed by atoms with Crippen LogP contribution < -0.4 is 5.32 Å². The first kappa shape index (κ1) is 13.8. The van der Waals surface area contributed by atoms with Crippen molar-refractivity contribution in [1.82, 2.24) is 5.32 Å². The summed E-state index contributed by atoms with van der Waals surface area (Å²) in [6, 6.07) is 4.62. The Labute approximate surface area is 115 Å². The maximum atomic E-state index is 12.1. The van der Waals surface area contributed by atoms with Gasteiger partial charge in [0, 0.05) is 0 Å². The number of aliphatic carboxylic acids is 1. The van der Waals surface area contributed by atoms with Gasteiger partial charge in [0.2, 0.25) is 0 Å². The van der Waals surface area contributed by atoms with Crippen LogP contribution in [0.5, 0.6) is 0 Å². The molecule has 1 aromatic rings. The number of carbonyl (C=O) groups excluding carboxylic acids is 1. The molecule has 2 rings (SSSR count). The lowest BCUT2D eigenvalue weighted by molar-refractivity contribution is -0.142. The summed E-state index contributed by atoms with van der Waals surface area (Å²) in [7, 11) is 0. The Morgan fingerprint density at radius 1 is 1.42 bits per heavy atom. The molecule has 2 N–H and O–H groups in total. The molecule has 19 heavy (non-hydrogen) atoms. The lowest BCUT2D eigenvalue weighted by Crippen LogP contribution is -2.42. The zero-order chi connectivity index (χ0) is 14.0. The van der Waals surface area contributed by atoms with Crippen LogP contribution in [0.3, 0.4) is 0 Å². The molecular formula is C13H14ClNO4. The maximum Gasteiger partial charge on any atom is 0.311 e. The van der Waals surface area contributed by atoms with Gasteiger partial charge in [-0.1, -0.05) is 23.7 Å². The zero-order valence-electron chi connectivity index (χ0n) is 10.4. The Morgan fingerprint density at radius 3 is 2.84 bits per heavy atom. The van der Waals surface area contributed by atoms with Crippen molar-refractivity contribution in [3.63, 3.8) is 0 Å². The molecule has 0 bridgehead atoms. The topological polar surface area (TPSA) is 75.6 Å². The molecular weight excluding hydrogens is 270 g/mol. The van der Waals surface area contributed by atoms with Crippen molar-refractivity contribution >= 4 is 23.5 Å². The van der Waals surface area contributed by atoms with Crippen molar-refractivity contribution in [3.8, 4) is 0 Å². The fourth-order valence-electron chi connectivity index (χ4n) is 2.01. The van der Waals surface area contributed by atoms with Gasteiger partial charge in [-0.25, -0.2) is 0 Å². The van der Waals surface area contributed by atoms with Gasteiger partial charge in [-0.2, -0.15) is 0 Å². The highest BCUT2D eigenvalue weighted by Gasteiger charge is 2.35.